The monoisotopic (exact) mass is 1590 g/mol. The highest BCUT2D eigenvalue weighted by Crippen LogP contribution is 2.42. The van der Waals surface area contributed by atoms with Crippen LogP contribution >= 0.6 is 11.2 Å². The lowest BCUT2D eigenvalue weighted by atomic mass is 9.98. The van der Waals surface area contributed by atoms with Gasteiger partial charge in [0, 0.05) is 113 Å². The number of aliphatic hydroxyl groups is 8. The lowest BCUT2D eigenvalue weighted by Crippen LogP contribution is -2.64. The Labute approximate surface area is 648 Å². The second-order valence-electron chi connectivity index (χ2n) is 28.4. The molecule has 15 atom stereocenters. The van der Waals surface area contributed by atoms with Crippen LogP contribution < -0.4 is 50.2 Å². The van der Waals surface area contributed by atoms with E-state index in [0.29, 0.717) is 26.2 Å². The maximum absolute atomic E-state index is 15.4. The van der Waals surface area contributed by atoms with Crippen LogP contribution in [0.2, 0.25) is 0 Å². The standard InChI is InChI=1S/C75H101N11O25S/c1-7-29-107-74(102)84(53(40-87)41-88)24-23-58(92)64-73(101)86-36-42(3)66(94)65(86)71(99)76-35-54(90)33-56(77-67(95)49-14-20-51(21-15-49)82-27-25-81(26-28-82)50-16-10-47(11-17-50)48-12-18-52(19-13-48)83-37-43(4)109-44(5)38-83)68(96)78-62(45(6)89)72(100)85-39-55(91)34-57(85)69(97)79-63(70(98)80-64)59(93)31-46-9-22-60(110-75(103)108-30-8-2)61(32-46)111-112(104,105)106/h7-22,32,42-45,53-59,62-66,87-94,104-106H,1-2,23-31,33-41H2,3-6H3,(H,76,99)(H,77,95)(H,78,96)(H,79,97)(H,80,98)/t42-,43-,44+,45+,54+,55+,56?,57-,58+,59+,62-,63-,64-,65-,66-/m0/s1. The van der Waals surface area contributed by atoms with Crippen molar-refractivity contribution in [3.05, 3.63) is 127 Å². The number of amides is 8. The summed E-state index contributed by atoms with van der Waals surface area (Å²) < 4.78 is 55.7. The molecule has 8 amide bonds. The Morgan fingerprint density at radius 3 is 1.77 bits per heavy atom. The molecule has 0 saturated carbocycles. The average molecular weight is 1590 g/mol. The summed E-state index contributed by atoms with van der Waals surface area (Å²) in [6.45, 7) is 12.8. The van der Waals surface area contributed by atoms with E-state index in [1.165, 1.54) is 31.2 Å². The van der Waals surface area contributed by atoms with Gasteiger partial charge in [-0.3, -0.25) is 47.2 Å². The zero-order chi connectivity index (χ0) is 81.4. The molecule has 612 valence electrons. The lowest BCUT2D eigenvalue weighted by Gasteiger charge is -2.37. The van der Waals surface area contributed by atoms with Gasteiger partial charge in [-0.2, -0.15) is 0 Å². The number of hydrogen-bond acceptors (Lipinski definition) is 28. The molecule has 5 fully saturated rings. The number of hydrogen-bond donors (Lipinski definition) is 16. The van der Waals surface area contributed by atoms with E-state index in [4.69, 9.17) is 23.1 Å². The molecule has 5 heterocycles. The molecule has 0 aromatic heterocycles. The average Bonchev–Trinajstić information content (AvgIpc) is 1.61. The van der Waals surface area contributed by atoms with Crippen molar-refractivity contribution in [1.29, 1.82) is 0 Å². The summed E-state index contributed by atoms with van der Waals surface area (Å²) in [6, 6.07) is 12.7. The number of nitrogens with zero attached hydrogens (tertiary/aromatic N) is 6. The number of anilines is 3. The largest absolute Gasteiger partial charge is 0.514 e. The Kier molecular flexibility index (Phi) is 30.1. The van der Waals surface area contributed by atoms with Crippen LogP contribution in [0.3, 0.4) is 0 Å². The van der Waals surface area contributed by atoms with Gasteiger partial charge < -0.3 is 120 Å². The molecular weight excluding hydrogens is 1490 g/mol. The minimum atomic E-state index is -4.92. The van der Waals surface area contributed by atoms with E-state index in [-0.39, 0.29) is 36.5 Å². The molecule has 1 unspecified atom stereocenters. The zero-order valence-corrected chi connectivity index (χ0v) is 63.2. The topological polar surface area (TPSA) is 502 Å². The fraction of sp³-hybridized carbons (Fsp3) is 0.507. The Balaban J connectivity index is 0.986. The molecule has 0 bridgehead atoms. The quantitative estimate of drug-likeness (QED) is 0.0246. The number of fused-ring (bicyclic) bond motifs is 2. The first-order chi connectivity index (χ1) is 53.3. The van der Waals surface area contributed by atoms with Gasteiger partial charge in [0.05, 0.1) is 68.1 Å². The maximum atomic E-state index is 15.4. The summed E-state index contributed by atoms with van der Waals surface area (Å²) in [5, 5.41) is 103. The van der Waals surface area contributed by atoms with E-state index in [2.05, 4.69) is 117 Å². The minimum absolute atomic E-state index is 0.0345. The maximum Gasteiger partial charge on any atom is 0.514 e. The lowest BCUT2D eigenvalue weighted by molar-refractivity contribution is -0.147. The molecule has 4 aromatic rings. The van der Waals surface area contributed by atoms with Gasteiger partial charge in [-0.15, -0.1) is 0 Å². The van der Waals surface area contributed by atoms with Gasteiger partial charge in [0.1, 0.15) is 49.5 Å². The normalized spacial score (nSPS) is 25.5. The first-order valence-corrected chi connectivity index (χ1v) is 38.2. The van der Waals surface area contributed by atoms with Crippen molar-refractivity contribution < 1.29 is 121 Å². The number of morpholine rings is 1. The van der Waals surface area contributed by atoms with Crippen molar-refractivity contribution in [2.75, 3.05) is 107 Å². The van der Waals surface area contributed by atoms with Crippen LogP contribution in [-0.4, -0.2) is 306 Å². The molecule has 5 saturated heterocycles. The Hall–Kier alpha value is -9.74. The van der Waals surface area contributed by atoms with Crippen molar-refractivity contribution in [2.45, 2.75) is 145 Å². The summed E-state index contributed by atoms with van der Waals surface area (Å²) in [7, 11) is 0. The van der Waals surface area contributed by atoms with E-state index >= 15 is 9.59 Å². The van der Waals surface area contributed by atoms with Crippen molar-refractivity contribution in [1.82, 2.24) is 41.3 Å². The van der Waals surface area contributed by atoms with E-state index < -0.39 is 226 Å². The molecule has 0 radical (unpaired) electrons. The second-order valence-corrected chi connectivity index (χ2v) is 29.5. The SMILES string of the molecule is C=CCOC(=O)Oc1ccc(C[C@@H](O)[C@@H]2NC(=O)[C@@H]3C[C@@H](O)CN3C(=O)[C@H]([C@@H](C)O)NC(=O)C(NC(=O)c3ccc(N4CCN(c5ccc(-c6ccc(N7C[C@@H](C)O[C@@H](C)C7)cc6)cc5)CC4)cc3)C[C@@H](O)CNC(=O)[C@@H]3[C@@H](O)[C@@H](C)CN3C(=O)[C@H]([C@H](O)CCN(C(=O)OCC=C)C(CO)CO)NC2=O)cc1OS(O)(O)O. The Morgan fingerprint density at radius 2 is 1.20 bits per heavy atom. The number of ether oxygens (including phenoxy) is 4. The molecule has 0 spiro atoms. The molecule has 4 aromatic carbocycles. The molecule has 0 aliphatic carbocycles. The van der Waals surface area contributed by atoms with Crippen LogP contribution in [0.25, 0.3) is 11.1 Å². The van der Waals surface area contributed by atoms with Gasteiger partial charge in [-0.1, -0.05) is 62.6 Å². The molecule has 16 N–H and O–H groups in total. The first-order valence-electron chi connectivity index (χ1n) is 36.7. The predicted molar refractivity (Wildman–Crippen MR) is 405 cm³/mol. The van der Waals surface area contributed by atoms with Gasteiger partial charge in [0.15, 0.2) is 11.5 Å². The van der Waals surface area contributed by atoms with E-state index in [1.54, 1.807) is 12.1 Å². The van der Waals surface area contributed by atoms with E-state index in [9.17, 15) is 88.1 Å². The van der Waals surface area contributed by atoms with E-state index in [1.807, 2.05) is 0 Å². The summed E-state index contributed by atoms with van der Waals surface area (Å²) >= 11 is -4.92. The third-order valence-corrected chi connectivity index (χ3v) is 20.4. The molecule has 5 aliphatic rings. The van der Waals surface area contributed by atoms with Crippen molar-refractivity contribution in [3.63, 3.8) is 0 Å². The van der Waals surface area contributed by atoms with Crippen molar-refractivity contribution in [2.24, 2.45) is 5.92 Å². The number of aliphatic hydroxyl groups excluding tert-OH is 8. The summed E-state index contributed by atoms with van der Waals surface area (Å²) in [4.78, 5) is 139. The minimum Gasteiger partial charge on any atom is -0.445 e. The third kappa shape index (κ3) is 22.3. The first kappa shape index (κ1) is 86.2. The number of benzene rings is 4. The van der Waals surface area contributed by atoms with Crippen LogP contribution in [0, 0.1) is 5.92 Å². The number of nitrogens with one attached hydrogen (secondary N) is 5. The zero-order valence-electron chi connectivity index (χ0n) is 62.4. The van der Waals surface area contributed by atoms with Gasteiger partial charge in [-0.05, 0) is 105 Å². The molecule has 112 heavy (non-hydrogen) atoms. The fourth-order valence-electron chi connectivity index (χ4n) is 14.2. The fourth-order valence-corrected chi connectivity index (χ4v) is 14.6. The summed E-state index contributed by atoms with van der Waals surface area (Å²) in [5.74, 6) is -11.0. The second kappa shape index (κ2) is 39.1. The molecule has 36 nitrogen and oxygen atoms in total. The highest BCUT2D eigenvalue weighted by molar-refractivity contribution is 8.15. The summed E-state index contributed by atoms with van der Waals surface area (Å²) in [5.41, 5.74) is 5.00. The number of piperazine rings is 1. The number of carbonyl (C=O) groups is 9. The van der Waals surface area contributed by atoms with Crippen LogP contribution in [0.15, 0.2) is 116 Å². The molecular formula is C75H101N11O25S. The van der Waals surface area contributed by atoms with Crippen LogP contribution in [0.5, 0.6) is 11.5 Å². The van der Waals surface area contributed by atoms with Gasteiger partial charge in [0.25, 0.3) is 17.1 Å². The number of carbonyl (C=O) groups excluding carboxylic acids is 9. The van der Waals surface area contributed by atoms with Crippen molar-refractivity contribution in [3.8, 4) is 22.6 Å². The van der Waals surface area contributed by atoms with Crippen LogP contribution in [0.1, 0.15) is 62.9 Å². The number of rotatable bonds is 24. The Morgan fingerprint density at radius 1 is 0.643 bits per heavy atom. The smallest absolute Gasteiger partial charge is 0.445 e. The van der Waals surface area contributed by atoms with Crippen molar-refractivity contribution >= 4 is 81.8 Å². The van der Waals surface area contributed by atoms with Crippen LogP contribution in [0.4, 0.5) is 26.7 Å². The third-order valence-electron chi connectivity index (χ3n) is 20.0. The van der Waals surface area contributed by atoms with Crippen LogP contribution in [-0.2, 0) is 49.4 Å². The van der Waals surface area contributed by atoms with E-state index in [0.717, 1.165) is 81.1 Å². The molecule has 9 rings (SSSR count). The number of β-amino-alcohol motifs (C(OH)–C–C–N with tert-alkyl or cyclic N) is 1. The van der Waals surface area contributed by atoms with Gasteiger partial charge >= 0.3 is 12.2 Å². The molecule has 5 aliphatic heterocycles. The predicted octanol–water partition coefficient (Wildman–Crippen LogP) is -0.171. The summed E-state index contributed by atoms with van der Waals surface area (Å²) in [6.07, 6.45) is -14.1. The molecule has 37 heteroatoms. The van der Waals surface area contributed by atoms with Gasteiger partial charge in [-0.25, -0.2) is 9.59 Å². The Bertz CT molecular complexity index is 3930. The highest BCUT2D eigenvalue weighted by Gasteiger charge is 2.50. The van der Waals surface area contributed by atoms with Gasteiger partial charge in [0.2, 0.25) is 35.4 Å². The highest BCUT2D eigenvalue weighted by atomic mass is 32.3.